The number of nitrogens with zero attached hydrogens (tertiary/aromatic N) is 2. The Morgan fingerprint density at radius 1 is 1.57 bits per heavy atom. The number of piperidine rings is 1. The molecule has 0 saturated carbocycles. The zero-order valence-electron chi connectivity index (χ0n) is 12.3. The predicted molar refractivity (Wildman–Crippen MR) is 80.9 cm³/mol. The fourth-order valence-electron chi connectivity index (χ4n) is 2.70. The maximum atomic E-state index is 12.4. The second-order valence-electron chi connectivity index (χ2n) is 5.54. The van der Waals surface area contributed by atoms with Crippen molar-refractivity contribution >= 4 is 11.6 Å². The van der Waals surface area contributed by atoms with Gasteiger partial charge in [0.15, 0.2) is 0 Å². The number of benzene rings is 1. The molecule has 1 heterocycles. The van der Waals surface area contributed by atoms with E-state index in [1.807, 2.05) is 6.92 Å². The predicted octanol–water partition coefficient (Wildman–Crippen LogP) is 2.26. The van der Waals surface area contributed by atoms with Crippen LogP contribution in [0.2, 0.25) is 0 Å². The molecule has 2 N–H and O–H groups in total. The zero-order valence-corrected chi connectivity index (χ0v) is 12.3. The highest BCUT2D eigenvalue weighted by Crippen LogP contribution is 2.23. The number of nitrogens with one attached hydrogen (secondary N) is 1. The first-order valence-electron chi connectivity index (χ1n) is 7.30. The smallest absolute Gasteiger partial charge is 0.228 e. The van der Waals surface area contributed by atoms with Crippen molar-refractivity contribution < 1.29 is 9.90 Å². The molecule has 112 valence electrons. The van der Waals surface area contributed by atoms with Gasteiger partial charge in [-0.1, -0.05) is 0 Å². The summed E-state index contributed by atoms with van der Waals surface area (Å²) in [4.78, 5) is 14.5. The number of carbonyl (C=O) groups is 1. The first-order chi connectivity index (χ1) is 10.1. The normalized spacial score (nSPS) is 19.0. The summed E-state index contributed by atoms with van der Waals surface area (Å²) in [5.74, 6) is 0.182. The standard InChI is InChI=1S/C16H21N3O2/c1-12-10-14(20)5-6-15(12)18-16(21)13-4-2-8-19(11-13)9-3-7-17/h5-6,10,13,20H,2-4,8-9,11H2,1H3,(H,18,21). The van der Waals surface area contributed by atoms with E-state index in [2.05, 4.69) is 16.3 Å². The fraction of sp³-hybridized carbons (Fsp3) is 0.500. The van der Waals surface area contributed by atoms with Crippen LogP contribution < -0.4 is 5.32 Å². The Hall–Kier alpha value is -2.06. The van der Waals surface area contributed by atoms with Crippen LogP contribution in [0.5, 0.6) is 5.75 Å². The third-order valence-electron chi connectivity index (χ3n) is 3.88. The molecular weight excluding hydrogens is 266 g/mol. The van der Waals surface area contributed by atoms with Gasteiger partial charge in [0.25, 0.3) is 0 Å². The lowest BCUT2D eigenvalue weighted by Gasteiger charge is -2.31. The summed E-state index contributed by atoms with van der Waals surface area (Å²) in [5.41, 5.74) is 1.59. The van der Waals surface area contributed by atoms with Gasteiger partial charge in [-0.2, -0.15) is 5.26 Å². The van der Waals surface area contributed by atoms with Crippen LogP contribution >= 0.6 is 0 Å². The number of aryl methyl sites for hydroxylation is 1. The largest absolute Gasteiger partial charge is 0.508 e. The zero-order chi connectivity index (χ0) is 15.2. The minimum absolute atomic E-state index is 0.0189. The summed E-state index contributed by atoms with van der Waals surface area (Å²) in [6, 6.07) is 7.07. The maximum Gasteiger partial charge on any atom is 0.228 e. The molecule has 0 bridgehead atoms. The molecule has 1 fully saturated rings. The second kappa shape index (κ2) is 7.09. The summed E-state index contributed by atoms with van der Waals surface area (Å²) in [5, 5.41) is 21.0. The van der Waals surface area contributed by atoms with E-state index in [-0.39, 0.29) is 17.6 Å². The third-order valence-corrected chi connectivity index (χ3v) is 3.88. The van der Waals surface area contributed by atoms with Gasteiger partial charge in [0, 0.05) is 25.2 Å². The van der Waals surface area contributed by atoms with Gasteiger partial charge in [0.1, 0.15) is 5.75 Å². The lowest BCUT2D eigenvalue weighted by atomic mass is 9.96. The van der Waals surface area contributed by atoms with Crippen LogP contribution in [0, 0.1) is 24.2 Å². The van der Waals surface area contributed by atoms with Gasteiger partial charge in [-0.05, 0) is 50.1 Å². The SMILES string of the molecule is Cc1cc(O)ccc1NC(=O)C1CCCN(CCC#N)C1. The van der Waals surface area contributed by atoms with Gasteiger partial charge in [-0.3, -0.25) is 4.79 Å². The summed E-state index contributed by atoms with van der Waals surface area (Å²) < 4.78 is 0. The van der Waals surface area contributed by atoms with Crippen LogP contribution in [0.1, 0.15) is 24.8 Å². The molecule has 1 amide bonds. The fourth-order valence-corrected chi connectivity index (χ4v) is 2.70. The average Bonchev–Trinajstić information content (AvgIpc) is 2.48. The number of hydrogen-bond donors (Lipinski definition) is 2. The topological polar surface area (TPSA) is 76.4 Å². The van der Waals surface area contributed by atoms with Crippen LogP contribution in [0.3, 0.4) is 0 Å². The number of hydrogen-bond acceptors (Lipinski definition) is 4. The van der Waals surface area contributed by atoms with Gasteiger partial charge in [0.2, 0.25) is 5.91 Å². The Labute approximate surface area is 125 Å². The summed E-state index contributed by atoms with van der Waals surface area (Å²) in [6.45, 7) is 4.27. The molecule has 0 aliphatic carbocycles. The van der Waals surface area contributed by atoms with Crippen LogP contribution in [-0.2, 0) is 4.79 Å². The van der Waals surface area contributed by atoms with Gasteiger partial charge in [-0.15, -0.1) is 0 Å². The average molecular weight is 287 g/mol. The summed E-state index contributed by atoms with van der Waals surface area (Å²) in [6.07, 6.45) is 2.37. The molecule has 1 saturated heterocycles. The number of phenolic OH excluding ortho intramolecular Hbond substituents is 1. The van der Waals surface area contributed by atoms with Gasteiger partial charge < -0.3 is 15.3 Å². The molecular formula is C16H21N3O2. The van der Waals surface area contributed by atoms with Crippen molar-refractivity contribution in [3.8, 4) is 11.8 Å². The highest BCUT2D eigenvalue weighted by atomic mass is 16.3. The van der Waals surface area contributed by atoms with Crippen LogP contribution in [0.25, 0.3) is 0 Å². The van der Waals surface area contributed by atoms with E-state index < -0.39 is 0 Å². The Balaban J connectivity index is 1.95. The molecule has 1 aromatic rings. The highest BCUT2D eigenvalue weighted by Gasteiger charge is 2.25. The van der Waals surface area contributed by atoms with Crippen LogP contribution in [0.15, 0.2) is 18.2 Å². The van der Waals surface area contributed by atoms with Crippen LogP contribution in [0.4, 0.5) is 5.69 Å². The molecule has 1 unspecified atom stereocenters. The van der Waals surface area contributed by atoms with Crippen molar-refractivity contribution in [3.63, 3.8) is 0 Å². The van der Waals surface area contributed by atoms with E-state index in [0.29, 0.717) is 13.0 Å². The molecule has 0 radical (unpaired) electrons. The van der Waals surface area contributed by atoms with Crippen molar-refractivity contribution in [2.45, 2.75) is 26.2 Å². The summed E-state index contributed by atoms with van der Waals surface area (Å²) >= 11 is 0. The molecule has 5 heteroatoms. The van der Waals surface area contributed by atoms with Gasteiger partial charge in [0.05, 0.1) is 12.0 Å². The minimum atomic E-state index is -0.0364. The van der Waals surface area contributed by atoms with Crippen molar-refractivity contribution in [1.82, 2.24) is 4.90 Å². The Kier molecular flexibility index (Phi) is 5.18. The highest BCUT2D eigenvalue weighted by molar-refractivity contribution is 5.93. The number of amides is 1. The van der Waals surface area contributed by atoms with E-state index >= 15 is 0 Å². The molecule has 1 aromatic carbocycles. The molecule has 1 aliphatic rings. The summed E-state index contributed by atoms with van der Waals surface area (Å²) in [7, 11) is 0. The van der Waals surface area contributed by atoms with Crippen molar-refractivity contribution in [3.05, 3.63) is 23.8 Å². The molecule has 2 rings (SSSR count). The number of rotatable bonds is 4. The van der Waals surface area contributed by atoms with Crippen LogP contribution in [-0.4, -0.2) is 35.5 Å². The van der Waals surface area contributed by atoms with E-state index in [1.165, 1.54) is 0 Å². The van der Waals surface area contributed by atoms with E-state index in [1.54, 1.807) is 18.2 Å². The number of carbonyl (C=O) groups excluding carboxylic acids is 1. The quantitative estimate of drug-likeness (QED) is 0.833. The van der Waals surface area contributed by atoms with E-state index in [0.717, 1.165) is 37.2 Å². The Morgan fingerprint density at radius 3 is 3.10 bits per heavy atom. The number of aromatic hydroxyl groups is 1. The molecule has 1 atom stereocenters. The second-order valence-corrected chi connectivity index (χ2v) is 5.54. The van der Waals surface area contributed by atoms with Gasteiger partial charge >= 0.3 is 0 Å². The first kappa shape index (κ1) is 15.3. The van der Waals surface area contributed by atoms with Crippen molar-refractivity contribution in [2.24, 2.45) is 5.92 Å². The first-order valence-corrected chi connectivity index (χ1v) is 7.30. The number of nitriles is 1. The minimum Gasteiger partial charge on any atom is -0.508 e. The van der Waals surface area contributed by atoms with Gasteiger partial charge in [-0.25, -0.2) is 0 Å². The Morgan fingerprint density at radius 2 is 2.38 bits per heavy atom. The number of anilines is 1. The molecule has 0 spiro atoms. The molecule has 1 aliphatic heterocycles. The molecule has 5 nitrogen and oxygen atoms in total. The maximum absolute atomic E-state index is 12.4. The monoisotopic (exact) mass is 287 g/mol. The molecule has 0 aromatic heterocycles. The van der Waals surface area contributed by atoms with E-state index in [9.17, 15) is 9.90 Å². The Bertz CT molecular complexity index is 551. The third kappa shape index (κ3) is 4.20. The van der Waals surface area contributed by atoms with Crippen molar-refractivity contribution in [2.75, 3.05) is 25.0 Å². The van der Waals surface area contributed by atoms with Crippen molar-refractivity contribution in [1.29, 1.82) is 5.26 Å². The van der Waals surface area contributed by atoms with E-state index in [4.69, 9.17) is 5.26 Å². The number of likely N-dealkylation sites (tertiary alicyclic amines) is 1. The lowest BCUT2D eigenvalue weighted by Crippen LogP contribution is -2.41. The lowest BCUT2D eigenvalue weighted by molar-refractivity contribution is -0.121. The molecule has 21 heavy (non-hydrogen) atoms. The number of phenols is 1.